The van der Waals surface area contributed by atoms with Gasteiger partial charge in [0.25, 0.3) is 0 Å². The van der Waals surface area contributed by atoms with Gasteiger partial charge in [0, 0.05) is 17.3 Å². The lowest BCUT2D eigenvalue weighted by Crippen LogP contribution is -2.41. The molecular weight excluding hydrogens is 497 g/mol. The minimum absolute atomic E-state index is 0.0117. The first-order valence-electron chi connectivity index (χ1n) is 12.8. The van der Waals surface area contributed by atoms with Crippen molar-refractivity contribution < 1.29 is 23.6 Å². The average Bonchev–Trinajstić information content (AvgIpc) is 3.53. The van der Waals surface area contributed by atoms with Gasteiger partial charge in [-0.3, -0.25) is 4.79 Å². The number of carbonyl (C=O) groups is 2. The molecule has 1 amide bonds. The molecule has 2 aliphatic rings. The van der Waals surface area contributed by atoms with Gasteiger partial charge in [-0.1, -0.05) is 48.5 Å². The summed E-state index contributed by atoms with van der Waals surface area (Å²) in [6.07, 6.45) is 1.41. The maximum absolute atomic E-state index is 12.9. The van der Waals surface area contributed by atoms with Gasteiger partial charge < -0.3 is 19.4 Å². The maximum Gasteiger partial charge on any atom is 0.492 e. The number of amides is 1. The summed E-state index contributed by atoms with van der Waals surface area (Å²) in [4.78, 5) is 26.2. The Morgan fingerprint density at radius 1 is 0.947 bits per heavy atom. The molecule has 0 radical (unpaired) electrons. The number of ketones is 1. The molecule has 8 heteroatoms. The van der Waals surface area contributed by atoms with Crippen molar-refractivity contribution in [2.24, 2.45) is 0 Å². The van der Waals surface area contributed by atoms with Crippen molar-refractivity contribution in [2.75, 3.05) is 13.2 Å². The molecule has 1 aliphatic heterocycles. The zero-order valence-corrected chi connectivity index (χ0v) is 23.2. The molecule has 5 rings (SSSR count). The van der Waals surface area contributed by atoms with E-state index in [1.54, 1.807) is 13.0 Å². The zero-order chi connectivity index (χ0) is 27.1. The second-order valence-electron chi connectivity index (χ2n) is 10.7. The molecule has 0 bridgehead atoms. The van der Waals surface area contributed by atoms with Crippen LogP contribution in [0.1, 0.15) is 66.2 Å². The summed E-state index contributed by atoms with van der Waals surface area (Å²) in [7, 11) is -0.642. The first kappa shape index (κ1) is 26.4. The fourth-order valence-electron chi connectivity index (χ4n) is 4.82. The van der Waals surface area contributed by atoms with E-state index in [4.69, 9.17) is 14.0 Å². The minimum atomic E-state index is -0.642. The molecule has 1 aromatic heterocycles. The van der Waals surface area contributed by atoms with Gasteiger partial charge in [0.2, 0.25) is 0 Å². The summed E-state index contributed by atoms with van der Waals surface area (Å²) in [5.41, 5.74) is 4.39. The predicted molar refractivity (Wildman–Crippen MR) is 151 cm³/mol. The highest BCUT2D eigenvalue weighted by Gasteiger charge is 2.52. The molecule has 0 saturated carbocycles. The third kappa shape index (κ3) is 5.08. The number of Topliss-reactive ketones (excluding diaryl/α,β-unsaturated/α-hetero) is 1. The molecule has 0 spiro atoms. The lowest BCUT2D eigenvalue weighted by Gasteiger charge is -2.32. The zero-order valence-electron chi connectivity index (χ0n) is 22.4. The topological polar surface area (TPSA) is 73.9 Å². The van der Waals surface area contributed by atoms with Gasteiger partial charge in [0.1, 0.15) is 6.61 Å². The smallest absolute Gasteiger partial charge is 0.449 e. The normalized spacial score (nSPS) is 17.7. The van der Waals surface area contributed by atoms with Gasteiger partial charge in [-0.05, 0) is 80.6 Å². The SMILES string of the molecule is CC(=O)c1ccc(C=C(CNC(=O)OCC2c3ccccc3-c3ccccc32)B2OC(C)(C)C(C)(C)O2)s1. The summed E-state index contributed by atoms with van der Waals surface area (Å²) in [6.45, 7) is 9.92. The minimum Gasteiger partial charge on any atom is -0.449 e. The van der Waals surface area contributed by atoms with Crippen molar-refractivity contribution in [3.05, 3.63) is 87.0 Å². The number of hydrogen-bond donors (Lipinski definition) is 1. The molecule has 0 atom stereocenters. The lowest BCUT2D eigenvalue weighted by atomic mass is 9.77. The van der Waals surface area contributed by atoms with E-state index in [0.29, 0.717) is 4.88 Å². The molecule has 1 fully saturated rings. The Hall–Kier alpha value is -3.20. The third-order valence-electron chi connectivity index (χ3n) is 7.64. The molecule has 1 saturated heterocycles. The highest BCUT2D eigenvalue weighted by atomic mass is 32.1. The molecule has 196 valence electrons. The van der Waals surface area contributed by atoms with E-state index < -0.39 is 24.4 Å². The van der Waals surface area contributed by atoms with Crippen molar-refractivity contribution in [1.29, 1.82) is 0 Å². The van der Waals surface area contributed by atoms with E-state index in [0.717, 1.165) is 10.3 Å². The quantitative estimate of drug-likeness (QED) is 0.279. The van der Waals surface area contributed by atoms with Gasteiger partial charge in [0.05, 0.1) is 16.1 Å². The Morgan fingerprint density at radius 3 is 2.08 bits per heavy atom. The van der Waals surface area contributed by atoms with Crippen LogP contribution in [0.2, 0.25) is 0 Å². The highest BCUT2D eigenvalue weighted by molar-refractivity contribution is 7.14. The summed E-state index contributed by atoms with van der Waals surface area (Å²) in [5, 5.41) is 2.88. The summed E-state index contributed by atoms with van der Waals surface area (Å²) in [6, 6.07) is 20.2. The van der Waals surface area contributed by atoms with Crippen molar-refractivity contribution in [3.63, 3.8) is 0 Å². The highest BCUT2D eigenvalue weighted by Crippen LogP contribution is 2.44. The summed E-state index contributed by atoms with van der Waals surface area (Å²) in [5.74, 6) is 0.00553. The van der Waals surface area contributed by atoms with Crippen molar-refractivity contribution in [2.45, 2.75) is 51.7 Å². The molecule has 1 N–H and O–H groups in total. The number of alkyl carbamates (subject to hydrolysis) is 1. The number of fused-ring (bicyclic) bond motifs is 3. The standard InChI is InChI=1S/C30H32BNO5S/c1-19(33)27-15-14-21(38-27)16-20(31-36-29(2,3)30(4,5)37-31)17-32-28(34)35-18-26-24-12-8-6-10-22(24)23-11-7-9-13-25(23)26/h6-16,26H,17-18H2,1-5H3,(H,32,34). The third-order valence-corrected chi connectivity index (χ3v) is 8.77. The number of carbonyl (C=O) groups excluding carboxylic acids is 2. The second-order valence-corrected chi connectivity index (χ2v) is 11.9. The molecule has 38 heavy (non-hydrogen) atoms. The van der Waals surface area contributed by atoms with Crippen molar-refractivity contribution in [3.8, 4) is 11.1 Å². The lowest BCUT2D eigenvalue weighted by molar-refractivity contribution is 0.00578. The van der Waals surface area contributed by atoms with E-state index in [1.807, 2.05) is 64.1 Å². The van der Waals surface area contributed by atoms with E-state index in [1.165, 1.54) is 33.6 Å². The van der Waals surface area contributed by atoms with Gasteiger partial charge in [-0.2, -0.15) is 0 Å². The molecular formula is C30H32BNO5S. The Morgan fingerprint density at radius 2 is 1.53 bits per heavy atom. The van der Waals surface area contributed by atoms with Crippen LogP contribution in [0.3, 0.4) is 0 Å². The molecule has 0 unspecified atom stereocenters. The first-order chi connectivity index (χ1) is 18.1. The number of ether oxygens (including phenoxy) is 1. The Kier molecular flexibility index (Phi) is 7.07. The van der Waals surface area contributed by atoms with Crippen LogP contribution in [0.5, 0.6) is 0 Å². The Bertz CT molecular complexity index is 1350. The van der Waals surface area contributed by atoms with Crippen LogP contribution in [0.15, 0.2) is 66.1 Å². The van der Waals surface area contributed by atoms with Crippen molar-refractivity contribution in [1.82, 2.24) is 5.32 Å². The van der Waals surface area contributed by atoms with Gasteiger partial charge in [0.15, 0.2) is 5.78 Å². The number of nitrogens with one attached hydrogen (secondary N) is 1. The van der Waals surface area contributed by atoms with Crippen LogP contribution in [0.25, 0.3) is 17.2 Å². The second kappa shape index (κ2) is 10.2. The number of rotatable bonds is 7. The Labute approximate surface area is 228 Å². The van der Waals surface area contributed by atoms with E-state index in [-0.39, 0.29) is 24.9 Å². The first-order valence-corrected chi connectivity index (χ1v) is 13.6. The average molecular weight is 529 g/mol. The number of benzene rings is 2. The maximum atomic E-state index is 12.9. The molecule has 2 aromatic carbocycles. The molecule has 6 nitrogen and oxygen atoms in total. The van der Waals surface area contributed by atoms with Gasteiger partial charge in [-0.15, -0.1) is 11.3 Å². The van der Waals surface area contributed by atoms with Crippen LogP contribution in [0.4, 0.5) is 4.79 Å². The van der Waals surface area contributed by atoms with Gasteiger partial charge >= 0.3 is 13.2 Å². The fourth-order valence-corrected chi connectivity index (χ4v) is 5.70. The van der Waals surface area contributed by atoms with E-state index in [9.17, 15) is 9.59 Å². The Balaban J connectivity index is 1.29. The van der Waals surface area contributed by atoms with Crippen molar-refractivity contribution >= 4 is 36.4 Å². The van der Waals surface area contributed by atoms with E-state index >= 15 is 0 Å². The molecule has 1 aliphatic carbocycles. The van der Waals surface area contributed by atoms with Crippen LogP contribution in [-0.4, -0.2) is 43.3 Å². The number of thiophene rings is 1. The molecule has 3 aromatic rings. The monoisotopic (exact) mass is 529 g/mol. The van der Waals surface area contributed by atoms with Crippen LogP contribution < -0.4 is 5.32 Å². The van der Waals surface area contributed by atoms with Crippen LogP contribution in [0, 0.1) is 0 Å². The predicted octanol–water partition coefficient (Wildman–Crippen LogP) is 6.50. The van der Waals surface area contributed by atoms with Crippen LogP contribution in [-0.2, 0) is 14.0 Å². The molecule has 2 heterocycles. The van der Waals surface area contributed by atoms with E-state index in [2.05, 4.69) is 29.6 Å². The van der Waals surface area contributed by atoms with Crippen LogP contribution >= 0.6 is 11.3 Å². The fraction of sp³-hybridized carbons (Fsp3) is 0.333. The largest absolute Gasteiger partial charge is 0.492 e. The summed E-state index contributed by atoms with van der Waals surface area (Å²) >= 11 is 1.40. The summed E-state index contributed by atoms with van der Waals surface area (Å²) < 4.78 is 18.2. The number of hydrogen-bond acceptors (Lipinski definition) is 6. The van der Waals surface area contributed by atoms with Gasteiger partial charge in [-0.25, -0.2) is 4.79 Å².